The van der Waals surface area contributed by atoms with Crippen LogP contribution in [0.5, 0.6) is 0 Å². The summed E-state index contributed by atoms with van der Waals surface area (Å²) in [5.74, 6) is 0. The number of aromatic nitrogens is 2. The number of aryl methyl sites for hydroxylation is 2. The highest BCUT2D eigenvalue weighted by atomic mass is 15.3. The lowest BCUT2D eigenvalue weighted by Gasteiger charge is -2.13. The fraction of sp³-hybridized carbons (Fsp3) is 0.235. The predicted molar refractivity (Wildman–Crippen MR) is 82.6 cm³/mol. The Bertz CT molecular complexity index is 743. The Morgan fingerprint density at radius 3 is 2.65 bits per heavy atom. The lowest BCUT2D eigenvalue weighted by atomic mass is 9.97. The van der Waals surface area contributed by atoms with Crippen LogP contribution in [-0.2, 0) is 13.5 Å². The third-order valence-electron chi connectivity index (χ3n) is 3.74. The maximum absolute atomic E-state index is 6.44. The summed E-state index contributed by atoms with van der Waals surface area (Å²) in [6, 6.07) is 14.6. The number of nitrogens with zero attached hydrogens (tertiary/aromatic N) is 2. The second-order valence-corrected chi connectivity index (χ2v) is 5.14. The van der Waals surface area contributed by atoms with Gasteiger partial charge in [-0.3, -0.25) is 4.68 Å². The number of rotatable bonds is 3. The van der Waals surface area contributed by atoms with Gasteiger partial charge in [0.2, 0.25) is 0 Å². The summed E-state index contributed by atoms with van der Waals surface area (Å²) in [5, 5.41) is 6.94. The van der Waals surface area contributed by atoms with Crippen LogP contribution in [0.15, 0.2) is 48.7 Å². The largest absolute Gasteiger partial charge is 0.320 e. The standard InChI is InChI=1S/C17H19N3/c1-3-16-15(11-20(2)19-16)17(18)14-9-8-12-6-4-5-7-13(12)10-14/h4-11,17H,3,18H2,1-2H3. The second kappa shape index (κ2) is 5.10. The van der Waals surface area contributed by atoms with E-state index in [-0.39, 0.29) is 6.04 Å². The van der Waals surface area contributed by atoms with Crippen molar-refractivity contribution in [1.82, 2.24) is 9.78 Å². The van der Waals surface area contributed by atoms with Crippen LogP contribution in [0.2, 0.25) is 0 Å². The second-order valence-electron chi connectivity index (χ2n) is 5.14. The van der Waals surface area contributed by atoms with Gasteiger partial charge in [-0.2, -0.15) is 5.10 Å². The zero-order valence-electron chi connectivity index (χ0n) is 11.9. The van der Waals surface area contributed by atoms with Gasteiger partial charge >= 0.3 is 0 Å². The molecule has 1 unspecified atom stereocenters. The van der Waals surface area contributed by atoms with Crippen molar-refractivity contribution < 1.29 is 0 Å². The van der Waals surface area contributed by atoms with Gasteiger partial charge in [0.05, 0.1) is 11.7 Å². The van der Waals surface area contributed by atoms with Crippen molar-refractivity contribution >= 4 is 10.8 Å². The van der Waals surface area contributed by atoms with E-state index in [0.29, 0.717) is 0 Å². The fourth-order valence-corrected chi connectivity index (χ4v) is 2.67. The van der Waals surface area contributed by atoms with Crippen LogP contribution in [0.25, 0.3) is 10.8 Å². The molecule has 3 nitrogen and oxygen atoms in total. The number of fused-ring (bicyclic) bond motifs is 1. The molecule has 0 amide bonds. The monoisotopic (exact) mass is 265 g/mol. The van der Waals surface area contributed by atoms with Gasteiger partial charge in [0, 0.05) is 18.8 Å². The molecular weight excluding hydrogens is 246 g/mol. The van der Waals surface area contributed by atoms with Gasteiger partial charge in [-0.1, -0.05) is 43.3 Å². The molecule has 20 heavy (non-hydrogen) atoms. The van der Waals surface area contributed by atoms with Gasteiger partial charge in [-0.15, -0.1) is 0 Å². The average Bonchev–Trinajstić information content (AvgIpc) is 2.87. The lowest BCUT2D eigenvalue weighted by Crippen LogP contribution is -2.13. The van der Waals surface area contributed by atoms with Crippen LogP contribution in [0.3, 0.4) is 0 Å². The van der Waals surface area contributed by atoms with E-state index in [0.717, 1.165) is 23.2 Å². The zero-order chi connectivity index (χ0) is 14.1. The molecule has 1 heterocycles. The Morgan fingerprint density at radius 1 is 1.15 bits per heavy atom. The molecule has 2 aromatic carbocycles. The maximum Gasteiger partial charge on any atom is 0.0672 e. The minimum atomic E-state index is -0.122. The topological polar surface area (TPSA) is 43.8 Å². The van der Waals surface area contributed by atoms with E-state index >= 15 is 0 Å². The molecule has 1 atom stereocenters. The molecule has 0 saturated heterocycles. The first-order valence-electron chi connectivity index (χ1n) is 6.95. The summed E-state index contributed by atoms with van der Waals surface area (Å²) in [4.78, 5) is 0. The van der Waals surface area contributed by atoms with Crippen LogP contribution in [-0.4, -0.2) is 9.78 Å². The van der Waals surface area contributed by atoms with Gasteiger partial charge in [0.25, 0.3) is 0 Å². The molecule has 0 aliphatic carbocycles. The molecule has 0 bridgehead atoms. The Morgan fingerprint density at radius 2 is 1.90 bits per heavy atom. The zero-order valence-corrected chi connectivity index (χ0v) is 11.9. The molecule has 0 radical (unpaired) electrons. The normalized spacial score (nSPS) is 12.8. The Labute approximate surface area is 119 Å². The van der Waals surface area contributed by atoms with E-state index < -0.39 is 0 Å². The van der Waals surface area contributed by atoms with E-state index in [2.05, 4.69) is 54.5 Å². The summed E-state index contributed by atoms with van der Waals surface area (Å²) < 4.78 is 1.84. The predicted octanol–water partition coefficient (Wildman–Crippen LogP) is 3.18. The molecule has 3 aromatic rings. The summed E-state index contributed by atoms with van der Waals surface area (Å²) >= 11 is 0. The number of hydrogen-bond donors (Lipinski definition) is 1. The van der Waals surface area contributed by atoms with Crippen molar-refractivity contribution in [3.05, 3.63) is 65.5 Å². The van der Waals surface area contributed by atoms with E-state index in [9.17, 15) is 0 Å². The molecule has 0 aliphatic heterocycles. The van der Waals surface area contributed by atoms with Crippen molar-refractivity contribution in [2.24, 2.45) is 12.8 Å². The fourth-order valence-electron chi connectivity index (χ4n) is 2.67. The smallest absolute Gasteiger partial charge is 0.0672 e. The Kier molecular flexibility index (Phi) is 3.28. The van der Waals surface area contributed by atoms with Gasteiger partial charge < -0.3 is 5.73 Å². The first kappa shape index (κ1) is 12.9. The number of benzene rings is 2. The molecule has 0 aliphatic rings. The third kappa shape index (κ3) is 2.21. The maximum atomic E-state index is 6.44. The summed E-state index contributed by atoms with van der Waals surface area (Å²) in [6.45, 7) is 2.11. The number of hydrogen-bond acceptors (Lipinski definition) is 2. The molecule has 0 saturated carbocycles. The van der Waals surface area contributed by atoms with Crippen LogP contribution < -0.4 is 5.73 Å². The van der Waals surface area contributed by atoms with Crippen molar-refractivity contribution in [3.8, 4) is 0 Å². The highest BCUT2D eigenvalue weighted by molar-refractivity contribution is 5.83. The lowest BCUT2D eigenvalue weighted by molar-refractivity contribution is 0.746. The van der Waals surface area contributed by atoms with Crippen LogP contribution in [0, 0.1) is 0 Å². The molecule has 2 N–H and O–H groups in total. The molecule has 3 rings (SSSR count). The highest BCUT2D eigenvalue weighted by Gasteiger charge is 2.16. The van der Waals surface area contributed by atoms with Crippen LogP contribution in [0.1, 0.15) is 29.8 Å². The summed E-state index contributed by atoms with van der Waals surface area (Å²) in [7, 11) is 1.94. The molecule has 0 spiro atoms. The van der Waals surface area contributed by atoms with Crippen molar-refractivity contribution in [2.75, 3.05) is 0 Å². The first-order chi connectivity index (χ1) is 9.69. The van der Waals surface area contributed by atoms with Crippen LogP contribution >= 0.6 is 0 Å². The minimum Gasteiger partial charge on any atom is -0.320 e. The number of nitrogens with two attached hydrogens (primary N) is 1. The Hall–Kier alpha value is -2.13. The molecular formula is C17H19N3. The average molecular weight is 265 g/mol. The first-order valence-corrected chi connectivity index (χ1v) is 6.95. The van der Waals surface area contributed by atoms with Gasteiger partial charge in [0.15, 0.2) is 0 Å². The minimum absolute atomic E-state index is 0.122. The molecule has 3 heteroatoms. The van der Waals surface area contributed by atoms with E-state index in [1.807, 2.05) is 17.9 Å². The molecule has 102 valence electrons. The van der Waals surface area contributed by atoms with Crippen molar-refractivity contribution in [3.63, 3.8) is 0 Å². The van der Waals surface area contributed by atoms with Gasteiger partial charge in [0.1, 0.15) is 0 Å². The van der Waals surface area contributed by atoms with Gasteiger partial charge in [-0.25, -0.2) is 0 Å². The van der Waals surface area contributed by atoms with E-state index in [1.54, 1.807) is 0 Å². The van der Waals surface area contributed by atoms with Crippen molar-refractivity contribution in [2.45, 2.75) is 19.4 Å². The summed E-state index contributed by atoms with van der Waals surface area (Å²) in [5.41, 5.74) is 9.77. The molecule has 1 aromatic heterocycles. The SMILES string of the molecule is CCc1nn(C)cc1C(N)c1ccc2ccccc2c1. The van der Waals surface area contributed by atoms with Gasteiger partial charge in [-0.05, 0) is 28.8 Å². The van der Waals surface area contributed by atoms with E-state index in [1.165, 1.54) is 10.8 Å². The quantitative estimate of drug-likeness (QED) is 0.790. The molecule has 0 fully saturated rings. The van der Waals surface area contributed by atoms with Crippen LogP contribution in [0.4, 0.5) is 0 Å². The van der Waals surface area contributed by atoms with Crippen molar-refractivity contribution in [1.29, 1.82) is 0 Å². The highest BCUT2D eigenvalue weighted by Crippen LogP contribution is 2.25. The van der Waals surface area contributed by atoms with E-state index in [4.69, 9.17) is 5.73 Å². The Balaban J connectivity index is 2.05. The summed E-state index contributed by atoms with van der Waals surface area (Å²) in [6.07, 6.45) is 2.93. The third-order valence-corrected chi connectivity index (χ3v) is 3.74.